The largest absolute Gasteiger partial charge is 0.453 e. The molecule has 0 saturated heterocycles. The third kappa shape index (κ3) is 4.41. The number of aromatic amines is 1. The molecule has 4 aromatic rings. The molecule has 4 heterocycles. The van der Waals surface area contributed by atoms with Crippen LogP contribution in [0.15, 0.2) is 42.6 Å². The molecular formula is C25H24F5N7O. The van der Waals surface area contributed by atoms with Crippen molar-refractivity contribution < 1.29 is 26.7 Å². The van der Waals surface area contributed by atoms with E-state index in [1.165, 1.54) is 6.20 Å². The van der Waals surface area contributed by atoms with Gasteiger partial charge in [0.15, 0.2) is 5.82 Å². The normalized spacial score (nSPS) is 17.1. The van der Waals surface area contributed by atoms with Gasteiger partial charge in [0.2, 0.25) is 5.91 Å². The van der Waals surface area contributed by atoms with Gasteiger partial charge in [0.1, 0.15) is 34.2 Å². The van der Waals surface area contributed by atoms with Crippen molar-refractivity contribution in [3.8, 4) is 11.5 Å². The number of nitrogens with two attached hydrogens (primary N) is 1. The number of benzene rings is 1. The second-order valence-corrected chi connectivity index (χ2v) is 8.53. The predicted molar refractivity (Wildman–Crippen MR) is 132 cm³/mol. The molecule has 0 fully saturated rings. The molecule has 1 aliphatic rings. The lowest BCUT2D eigenvalue weighted by atomic mass is 9.78. The maximum atomic E-state index is 13.5. The van der Waals surface area contributed by atoms with Crippen molar-refractivity contribution in [3.05, 3.63) is 59.5 Å². The minimum Gasteiger partial charge on any atom is -0.383 e. The number of alkyl halides is 5. The number of nitrogens with one attached hydrogen (secondary N) is 2. The molecule has 3 aromatic heterocycles. The molecule has 0 spiro atoms. The second-order valence-electron chi connectivity index (χ2n) is 8.53. The van der Waals surface area contributed by atoms with Gasteiger partial charge in [-0.3, -0.25) is 4.79 Å². The van der Waals surface area contributed by atoms with Crippen LogP contribution in [0.25, 0.3) is 22.6 Å². The van der Waals surface area contributed by atoms with Crippen LogP contribution >= 0.6 is 0 Å². The number of hydrogen-bond donors (Lipinski definition) is 3. The first-order valence-electron chi connectivity index (χ1n) is 11.8. The van der Waals surface area contributed by atoms with Gasteiger partial charge in [-0.1, -0.05) is 44.2 Å². The zero-order chi connectivity index (χ0) is 27.9. The summed E-state index contributed by atoms with van der Waals surface area (Å²) in [5.41, 5.74) is 6.44. The van der Waals surface area contributed by atoms with Gasteiger partial charge in [-0.25, -0.2) is 19.9 Å². The monoisotopic (exact) mass is 533 g/mol. The SMILES string of the molecule is CC.CC1(c2ccccc2)C(=O)Nc2nc(-c3nc(CCC(F)(F)C(F)(F)F)nc4[nH]ccc34)nc(N)c21. The van der Waals surface area contributed by atoms with Crippen molar-refractivity contribution in [3.63, 3.8) is 0 Å². The Kier molecular flexibility index (Phi) is 6.80. The van der Waals surface area contributed by atoms with Crippen molar-refractivity contribution in [2.45, 2.75) is 51.1 Å². The van der Waals surface area contributed by atoms with Gasteiger partial charge in [-0.2, -0.15) is 22.0 Å². The molecule has 1 atom stereocenters. The van der Waals surface area contributed by atoms with Crippen LogP contribution in [0.1, 0.15) is 44.1 Å². The zero-order valence-corrected chi connectivity index (χ0v) is 20.6. The fourth-order valence-corrected chi connectivity index (χ4v) is 4.24. The molecule has 0 saturated carbocycles. The van der Waals surface area contributed by atoms with Crippen LogP contribution in [0.4, 0.5) is 33.6 Å². The lowest BCUT2D eigenvalue weighted by Crippen LogP contribution is -2.36. The summed E-state index contributed by atoms with van der Waals surface area (Å²) >= 11 is 0. The van der Waals surface area contributed by atoms with Crippen molar-refractivity contribution in [1.82, 2.24) is 24.9 Å². The maximum absolute atomic E-state index is 13.5. The third-order valence-corrected chi connectivity index (χ3v) is 6.23. The lowest BCUT2D eigenvalue weighted by molar-refractivity contribution is -0.284. The zero-order valence-electron chi connectivity index (χ0n) is 20.6. The van der Waals surface area contributed by atoms with Crippen LogP contribution in [0, 0.1) is 0 Å². The Balaban J connectivity index is 0.00000164. The first kappa shape index (κ1) is 26.9. The molecule has 0 bridgehead atoms. The standard InChI is InChI=1S/C23H18F5N7O.C2H6/c1-21(11-5-3-2-4-6-11)14-16(29)33-19(34-18(14)35-20(21)36)15-12-8-10-30-17(12)32-13(31-15)7-9-22(24,25)23(26,27)28;1-2/h2-6,8,10H,7,9H2,1H3,(H,30,31,32)(H3,29,33,34,35,36);1-2H3. The maximum Gasteiger partial charge on any atom is 0.453 e. The van der Waals surface area contributed by atoms with E-state index in [9.17, 15) is 26.7 Å². The number of nitrogens with zero attached hydrogens (tertiary/aromatic N) is 4. The molecule has 1 unspecified atom stereocenters. The molecule has 38 heavy (non-hydrogen) atoms. The number of hydrogen-bond acceptors (Lipinski definition) is 6. The number of carbonyl (C=O) groups excluding carboxylic acids is 1. The highest BCUT2D eigenvalue weighted by Crippen LogP contribution is 2.45. The number of rotatable bonds is 5. The quantitative estimate of drug-likeness (QED) is 0.295. The summed E-state index contributed by atoms with van der Waals surface area (Å²) in [5, 5.41) is 3.11. The summed E-state index contributed by atoms with van der Waals surface area (Å²) in [6.45, 7) is 5.69. The van der Waals surface area contributed by atoms with Gasteiger partial charge in [0.05, 0.1) is 5.56 Å². The van der Waals surface area contributed by atoms with Gasteiger partial charge in [0.25, 0.3) is 0 Å². The molecule has 13 heteroatoms. The predicted octanol–water partition coefficient (Wildman–Crippen LogP) is 5.41. The third-order valence-electron chi connectivity index (χ3n) is 6.23. The minimum atomic E-state index is -5.69. The Bertz CT molecular complexity index is 1490. The highest BCUT2D eigenvalue weighted by Gasteiger charge is 2.56. The van der Waals surface area contributed by atoms with E-state index in [1.54, 1.807) is 37.3 Å². The molecule has 1 aromatic carbocycles. The average molecular weight is 534 g/mol. The van der Waals surface area contributed by atoms with Crippen LogP contribution in [0.3, 0.4) is 0 Å². The highest BCUT2D eigenvalue weighted by molar-refractivity contribution is 6.09. The number of halogens is 5. The molecule has 0 radical (unpaired) electrons. The fourth-order valence-electron chi connectivity index (χ4n) is 4.24. The summed E-state index contributed by atoms with van der Waals surface area (Å²) in [4.78, 5) is 32.8. The highest BCUT2D eigenvalue weighted by atomic mass is 19.4. The van der Waals surface area contributed by atoms with Crippen molar-refractivity contribution >= 4 is 28.6 Å². The average Bonchev–Trinajstić information content (AvgIpc) is 3.46. The Morgan fingerprint density at radius 3 is 2.32 bits per heavy atom. The van der Waals surface area contributed by atoms with E-state index < -0.39 is 30.4 Å². The van der Waals surface area contributed by atoms with E-state index in [1.807, 2.05) is 19.9 Å². The number of aryl methyl sites for hydroxylation is 1. The van der Waals surface area contributed by atoms with Gasteiger partial charge in [0, 0.05) is 24.4 Å². The van der Waals surface area contributed by atoms with Crippen molar-refractivity contribution in [1.29, 1.82) is 0 Å². The van der Waals surface area contributed by atoms with E-state index in [4.69, 9.17) is 5.73 Å². The summed E-state index contributed by atoms with van der Waals surface area (Å²) in [6, 6.07) is 10.5. The Morgan fingerprint density at radius 2 is 1.66 bits per heavy atom. The number of fused-ring (bicyclic) bond motifs is 2. The van der Waals surface area contributed by atoms with Gasteiger partial charge < -0.3 is 16.0 Å². The summed E-state index contributed by atoms with van der Waals surface area (Å²) < 4.78 is 64.8. The van der Waals surface area contributed by atoms with Crippen LogP contribution in [-0.4, -0.2) is 42.9 Å². The van der Waals surface area contributed by atoms with Gasteiger partial charge >= 0.3 is 12.1 Å². The van der Waals surface area contributed by atoms with Crippen LogP contribution in [0.2, 0.25) is 0 Å². The molecule has 1 aliphatic heterocycles. The number of amides is 1. The molecule has 8 nitrogen and oxygen atoms in total. The van der Waals surface area contributed by atoms with E-state index in [-0.39, 0.29) is 40.5 Å². The summed E-state index contributed by atoms with van der Waals surface area (Å²) in [7, 11) is 0. The summed E-state index contributed by atoms with van der Waals surface area (Å²) in [5.74, 6) is -5.42. The molecule has 1 amide bonds. The molecule has 0 aliphatic carbocycles. The summed E-state index contributed by atoms with van der Waals surface area (Å²) in [6.07, 6.45) is -6.46. The number of H-pyrrole nitrogens is 1. The Morgan fingerprint density at radius 1 is 0.974 bits per heavy atom. The van der Waals surface area contributed by atoms with Crippen LogP contribution < -0.4 is 11.1 Å². The molecule has 4 N–H and O–H groups in total. The number of aromatic nitrogens is 5. The van der Waals surface area contributed by atoms with E-state index >= 15 is 0 Å². The molecule has 5 rings (SSSR count). The lowest BCUT2D eigenvalue weighted by Gasteiger charge is -2.23. The Labute approximate surface area is 213 Å². The van der Waals surface area contributed by atoms with Gasteiger partial charge in [-0.05, 0) is 18.6 Å². The molecular weight excluding hydrogens is 509 g/mol. The smallest absolute Gasteiger partial charge is 0.383 e. The van der Waals surface area contributed by atoms with Gasteiger partial charge in [-0.15, -0.1) is 0 Å². The van der Waals surface area contributed by atoms with Crippen molar-refractivity contribution in [2.75, 3.05) is 11.1 Å². The van der Waals surface area contributed by atoms with E-state index in [0.717, 1.165) is 0 Å². The van der Waals surface area contributed by atoms with Crippen molar-refractivity contribution in [2.24, 2.45) is 0 Å². The van der Waals surface area contributed by atoms with E-state index in [2.05, 4.69) is 30.2 Å². The van der Waals surface area contributed by atoms with E-state index in [0.29, 0.717) is 16.5 Å². The fraction of sp³-hybridized carbons (Fsp3) is 0.320. The number of carbonyl (C=O) groups is 1. The minimum absolute atomic E-state index is 0.00726. The number of nitrogen functional groups attached to an aromatic ring is 1. The first-order chi connectivity index (χ1) is 17.9. The van der Waals surface area contributed by atoms with Crippen LogP contribution in [0.5, 0.6) is 0 Å². The van der Waals surface area contributed by atoms with Crippen LogP contribution in [-0.2, 0) is 16.6 Å². The Hall–Kier alpha value is -4.16. The number of anilines is 2. The first-order valence-corrected chi connectivity index (χ1v) is 11.8. The second kappa shape index (κ2) is 9.62. The molecule has 200 valence electrons. The topological polar surface area (TPSA) is 122 Å².